The number of carbonyl (C=O) groups is 1. The minimum atomic E-state index is -0.419. The fraction of sp³-hybridized carbons (Fsp3) is 0.444. The molecule has 0 aliphatic carbocycles. The number of nitrogens with zero attached hydrogens (tertiary/aromatic N) is 3. The summed E-state index contributed by atoms with van der Waals surface area (Å²) < 4.78 is 13.0. The van der Waals surface area contributed by atoms with Gasteiger partial charge >= 0.3 is 6.03 Å². The van der Waals surface area contributed by atoms with Crippen molar-refractivity contribution in [3.05, 3.63) is 41.2 Å². The van der Waals surface area contributed by atoms with Crippen molar-refractivity contribution in [2.24, 2.45) is 0 Å². The van der Waals surface area contributed by atoms with Crippen LogP contribution >= 0.6 is 0 Å². The minimum absolute atomic E-state index is 0.0362. The SMILES string of the molecule is N#CC(=C1CCN(C(=O)N2CC[C@H](O)C2)CC1)c1ccc(F)cc1. The largest absolute Gasteiger partial charge is 0.391 e. The first-order valence-corrected chi connectivity index (χ1v) is 8.18. The molecule has 0 saturated carbocycles. The lowest BCUT2D eigenvalue weighted by molar-refractivity contribution is 0.144. The highest BCUT2D eigenvalue weighted by molar-refractivity contribution is 5.80. The molecule has 2 amide bonds. The van der Waals surface area contributed by atoms with E-state index in [4.69, 9.17) is 0 Å². The van der Waals surface area contributed by atoms with E-state index in [0.717, 1.165) is 11.1 Å². The Morgan fingerprint density at radius 1 is 1.17 bits per heavy atom. The number of allylic oxidation sites excluding steroid dienone is 1. The third-order valence-electron chi connectivity index (χ3n) is 4.67. The van der Waals surface area contributed by atoms with Crippen LogP contribution in [-0.4, -0.2) is 53.2 Å². The number of aliphatic hydroxyl groups excluding tert-OH is 1. The number of likely N-dealkylation sites (tertiary alicyclic amines) is 2. The Kier molecular flexibility index (Phi) is 4.81. The lowest BCUT2D eigenvalue weighted by atomic mass is 9.94. The van der Waals surface area contributed by atoms with Gasteiger partial charge in [-0.25, -0.2) is 9.18 Å². The van der Waals surface area contributed by atoms with Crippen molar-refractivity contribution < 1.29 is 14.3 Å². The highest BCUT2D eigenvalue weighted by atomic mass is 19.1. The van der Waals surface area contributed by atoms with Crippen LogP contribution in [0, 0.1) is 17.1 Å². The summed E-state index contributed by atoms with van der Waals surface area (Å²) in [6.07, 6.45) is 1.50. The van der Waals surface area contributed by atoms with Crippen LogP contribution in [0.25, 0.3) is 5.57 Å². The summed E-state index contributed by atoms with van der Waals surface area (Å²) in [7, 11) is 0. The number of halogens is 1. The topological polar surface area (TPSA) is 67.6 Å². The van der Waals surface area contributed by atoms with Crippen molar-refractivity contribution in [1.29, 1.82) is 5.26 Å². The predicted octanol–water partition coefficient (Wildman–Crippen LogP) is 2.39. The van der Waals surface area contributed by atoms with E-state index in [1.165, 1.54) is 12.1 Å². The maximum atomic E-state index is 13.0. The summed E-state index contributed by atoms with van der Waals surface area (Å²) in [5, 5.41) is 19.0. The molecule has 24 heavy (non-hydrogen) atoms. The fourth-order valence-corrected chi connectivity index (χ4v) is 3.30. The number of hydrogen-bond donors (Lipinski definition) is 1. The van der Waals surface area contributed by atoms with E-state index in [1.54, 1.807) is 21.9 Å². The molecule has 0 aromatic heterocycles. The van der Waals surface area contributed by atoms with Gasteiger partial charge in [0.25, 0.3) is 0 Å². The molecule has 1 aromatic carbocycles. The first kappa shape index (κ1) is 16.5. The quantitative estimate of drug-likeness (QED) is 0.805. The Labute approximate surface area is 140 Å². The zero-order valence-corrected chi connectivity index (χ0v) is 13.4. The number of aliphatic hydroxyl groups is 1. The molecule has 0 unspecified atom stereocenters. The molecular weight excluding hydrogens is 309 g/mol. The van der Waals surface area contributed by atoms with Gasteiger partial charge in [0.05, 0.1) is 17.7 Å². The van der Waals surface area contributed by atoms with Crippen LogP contribution in [0.1, 0.15) is 24.8 Å². The Morgan fingerprint density at radius 2 is 1.83 bits per heavy atom. The van der Waals surface area contributed by atoms with Gasteiger partial charge in [-0.1, -0.05) is 12.1 Å². The van der Waals surface area contributed by atoms with E-state index in [0.29, 0.717) is 51.0 Å². The lowest BCUT2D eigenvalue weighted by Gasteiger charge is -2.32. The number of hydrogen-bond acceptors (Lipinski definition) is 3. The van der Waals surface area contributed by atoms with Gasteiger partial charge in [-0.2, -0.15) is 5.26 Å². The number of piperidine rings is 1. The molecule has 5 nitrogen and oxygen atoms in total. The standard InChI is InChI=1S/C18H20FN3O2/c19-15-3-1-13(2-4-15)17(11-20)14-5-8-21(9-6-14)18(24)22-10-7-16(23)12-22/h1-4,16,23H,5-10,12H2/t16-/m0/s1. The molecule has 2 heterocycles. The van der Waals surface area contributed by atoms with Crippen LogP contribution in [0.5, 0.6) is 0 Å². The minimum Gasteiger partial charge on any atom is -0.391 e. The number of nitriles is 1. The van der Waals surface area contributed by atoms with Crippen molar-refractivity contribution in [2.75, 3.05) is 26.2 Å². The molecule has 2 aliphatic rings. The summed E-state index contributed by atoms with van der Waals surface area (Å²) in [5.41, 5.74) is 2.31. The number of urea groups is 1. The Hall–Kier alpha value is -2.39. The van der Waals surface area contributed by atoms with Crippen LogP contribution in [-0.2, 0) is 0 Å². The van der Waals surface area contributed by atoms with Crippen molar-refractivity contribution in [3.63, 3.8) is 0 Å². The molecule has 2 fully saturated rings. The maximum absolute atomic E-state index is 13.0. The van der Waals surface area contributed by atoms with Gasteiger partial charge < -0.3 is 14.9 Å². The van der Waals surface area contributed by atoms with E-state index in [1.807, 2.05) is 0 Å². The first-order chi connectivity index (χ1) is 11.6. The summed E-state index contributed by atoms with van der Waals surface area (Å²) in [6.45, 7) is 2.12. The maximum Gasteiger partial charge on any atom is 0.320 e. The number of benzene rings is 1. The number of rotatable bonds is 1. The lowest BCUT2D eigenvalue weighted by Crippen LogP contribution is -2.45. The van der Waals surface area contributed by atoms with E-state index in [2.05, 4.69) is 6.07 Å². The Bertz CT molecular complexity index is 683. The van der Waals surface area contributed by atoms with Crippen molar-refractivity contribution in [3.8, 4) is 6.07 Å². The summed E-state index contributed by atoms with van der Waals surface area (Å²) in [6, 6.07) is 8.12. The zero-order chi connectivity index (χ0) is 17.1. The number of amides is 2. The second-order valence-electron chi connectivity index (χ2n) is 6.26. The average Bonchev–Trinajstić information content (AvgIpc) is 3.04. The van der Waals surface area contributed by atoms with Crippen LogP contribution in [0.2, 0.25) is 0 Å². The molecule has 0 bridgehead atoms. The number of carbonyl (C=O) groups excluding carboxylic acids is 1. The molecule has 1 aromatic rings. The first-order valence-electron chi connectivity index (χ1n) is 8.18. The molecule has 2 saturated heterocycles. The van der Waals surface area contributed by atoms with Gasteiger partial charge in [0.15, 0.2) is 0 Å². The monoisotopic (exact) mass is 329 g/mol. The Morgan fingerprint density at radius 3 is 2.38 bits per heavy atom. The third kappa shape index (κ3) is 3.41. The molecule has 1 N–H and O–H groups in total. The average molecular weight is 329 g/mol. The van der Waals surface area contributed by atoms with Crippen molar-refractivity contribution in [2.45, 2.75) is 25.4 Å². The normalized spacial score (nSPS) is 20.9. The second kappa shape index (κ2) is 7.02. The van der Waals surface area contributed by atoms with Crippen LogP contribution in [0.15, 0.2) is 29.8 Å². The third-order valence-corrected chi connectivity index (χ3v) is 4.67. The van der Waals surface area contributed by atoms with Gasteiger partial charge in [0.1, 0.15) is 5.82 Å². The predicted molar refractivity (Wildman–Crippen MR) is 87.3 cm³/mol. The summed E-state index contributed by atoms with van der Waals surface area (Å²) >= 11 is 0. The van der Waals surface area contributed by atoms with Gasteiger partial charge in [-0.15, -0.1) is 0 Å². The molecule has 6 heteroatoms. The highest BCUT2D eigenvalue weighted by Crippen LogP contribution is 2.27. The van der Waals surface area contributed by atoms with Gasteiger partial charge in [0, 0.05) is 26.2 Å². The molecule has 2 aliphatic heterocycles. The summed E-state index contributed by atoms with van der Waals surface area (Å²) in [5.74, 6) is -0.325. The van der Waals surface area contributed by atoms with Crippen LogP contribution in [0.3, 0.4) is 0 Å². The molecule has 3 rings (SSSR count). The molecule has 1 atom stereocenters. The zero-order valence-electron chi connectivity index (χ0n) is 13.4. The molecule has 0 spiro atoms. The molecular formula is C18H20FN3O2. The fourth-order valence-electron chi connectivity index (χ4n) is 3.30. The Balaban J connectivity index is 1.68. The van der Waals surface area contributed by atoms with Crippen LogP contribution < -0.4 is 0 Å². The van der Waals surface area contributed by atoms with E-state index < -0.39 is 6.10 Å². The van der Waals surface area contributed by atoms with E-state index in [-0.39, 0.29) is 11.8 Å². The summed E-state index contributed by atoms with van der Waals surface area (Å²) in [4.78, 5) is 15.9. The smallest absolute Gasteiger partial charge is 0.320 e. The second-order valence-corrected chi connectivity index (χ2v) is 6.26. The van der Waals surface area contributed by atoms with Crippen molar-refractivity contribution >= 4 is 11.6 Å². The molecule has 0 radical (unpaired) electrons. The highest BCUT2D eigenvalue weighted by Gasteiger charge is 2.30. The van der Waals surface area contributed by atoms with Crippen molar-refractivity contribution in [1.82, 2.24) is 9.80 Å². The van der Waals surface area contributed by atoms with Gasteiger partial charge in [0.2, 0.25) is 0 Å². The van der Waals surface area contributed by atoms with Crippen LogP contribution in [0.4, 0.5) is 9.18 Å². The van der Waals surface area contributed by atoms with Gasteiger partial charge in [-0.3, -0.25) is 0 Å². The van der Waals surface area contributed by atoms with E-state index in [9.17, 15) is 19.6 Å². The molecule has 126 valence electrons. The van der Waals surface area contributed by atoms with Gasteiger partial charge in [-0.05, 0) is 42.5 Å². The number of β-amino-alcohol motifs (C(OH)–C–C–N with tert-alkyl or cyclic N) is 1. The van der Waals surface area contributed by atoms with E-state index >= 15 is 0 Å².